The molecule has 0 bridgehead atoms. The molecule has 0 spiro atoms. The van der Waals surface area contributed by atoms with Gasteiger partial charge < -0.3 is 4.42 Å². The highest BCUT2D eigenvalue weighted by atomic mass is 16.4. The topological polar surface area (TPSA) is 60.0 Å². The molecule has 2 aromatic rings. The van der Waals surface area contributed by atoms with Gasteiger partial charge in [-0.15, -0.1) is 10.2 Å². The number of hydrogen-bond donors (Lipinski definition) is 0. The average molecular weight is 275 g/mol. The van der Waals surface area contributed by atoms with Crippen LogP contribution in [-0.2, 0) is 7.05 Å². The van der Waals surface area contributed by atoms with Crippen molar-refractivity contribution in [1.29, 1.82) is 0 Å². The van der Waals surface area contributed by atoms with E-state index in [2.05, 4.69) is 33.2 Å². The lowest BCUT2D eigenvalue weighted by Crippen LogP contribution is -2.35. The van der Waals surface area contributed by atoms with Crippen LogP contribution in [0, 0.1) is 6.92 Å². The number of hydrogen-bond acceptors (Lipinski definition) is 5. The van der Waals surface area contributed by atoms with E-state index >= 15 is 0 Å². The molecule has 0 amide bonds. The van der Waals surface area contributed by atoms with Crippen molar-refractivity contribution in [2.45, 2.75) is 38.6 Å². The second-order valence-corrected chi connectivity index (χ2v) is 5.53. The van der Waals surface area contributed by atoms with Crippen molar-refractivity contribution in [1.82, 2.24) is 24.9 Å². The Morgan fingerprint density at radius 1 is 1.30 bits per heavy atom. The highest BCUT2D eigenvalue weighted by Gasteiger charge is 2.27. The summed E-state index contributed by atoms with van der Waals surface area (Å²) in [4.78, 5) is 2.42. The largest absolute Gasteiger partial charge is 0.424 e. The molecule has 0 radical (unpaired) electrons. The second-order valence-electron chi connectivity index (χ2n) is 5.53. The van der Waals surface area contributed by atoms with Crippen molar-refractivity contribution in [2.75, 3.05) is 13.1 Å². The Hall–Kier alpha value is -1.69. The van der Waals surface area contributed by atoms with E-state index in [4.69, 9.17) is 4.42 Å². The highest BCUT2D eigenvalue weighted by molar-refractivity contribution is 5.09. The van der Waals surface area contributed by atoms with Crippen LogP contribution in [0.5, 0.6) is 0 Å². The zero-order valence-corrected chi connectivity index (χ0v) is 12.3. The number of aromatic nitrogens is 4. The lowest BCUT2D eigenvalue weighted by molar-refractivity contribution is 0.140. The molecule has 1 aliphatic heterocycles. The fraction of sp³-hybridized carbons (Fsp3) is 0.643. The number of piperidine rings is 1. The Morgan fingerprint density at radius 3 is 2.60 bits per heavy atom. The Morgan fingerprint density at radius 2 is 2.05 bits per heavy atom. The molecule has 6 heteroatoms. The molecular formula is C14H21N5O. The molecule has 3 heterocycles. The second kappa shape index (κ2) is 5.36. The molecule has 1 fully saturated rings. The zero-order chi connectivity index (χ0) is 14.1. The van der Waals surface area contributed by atoms with Gasteiger partial charge in [0.2, 0.25) is 11.8 Å². The van der Waals surface area contributed by atoms with Crippen LogP contribution in [0.3, 0.4) is 0 Å². The molecular weight excluding hydrogens is 254 g/mol. The fourth-order valence-electron chi connectivity index (χ4n) is 3.00. The Kier molecular flexibility index (Phi) is 3.56. The molecule has 0 saturated carbocycles. The maximum atomic E-state index is 5.54. The third-order valence-corrected chi connectivity index (χ3v) is 4.25. The van der Waals surface area contributed by atoms with Gasteiger partial charge in [-0.3, -0.25) is 9.58 Å². The first-order chi connectivity index (χ1) is 9.65. The molecule has 0 unspecified atom stereocenters. The number of nitrogens with zero attached hydrogens (tertiary/aromatic N) is 5. The van der Waals surface area contributed by atoms with Gasteiger partial charge >= 0.3 is 0 Å². The quantitative estimate of drug-likeness (QED) is 0.858. The lowest BCUT2D eigenvalue weighted by atomic mass is 9.92. The molecule has 0 aliphatic carbocycles. The minimum atomic E-state index is 0.198. The summed E-state index contributed by atoms with van der Waals surface area (Å²) < 4.78 is 7.53. The van der Waals surface area contributed by atoms with Gasteiger partial charge in [-0.25, -0.2) is 0 Å². The standard InChI is InChI=1S/C14H21N5O/c1-10(14-17-16-11(2)20-14)19-8-5-12(6-9-19)13-4-7-15-18(13)3/h4,7,10,12H,5-6,8-9H2,1-3H3/t10-/m1/s1. The minimum Gasteiger partial charge on any atom is -0.424 e. The molecule has 0 aromatic carbocycles. The van der Waals surface area contributed by atoms with E-state index in [0.29, 0.717) is 11.8 Å². The molecule has 1 saturated heterocycles. The van der Waals surface area contributed by atoms with E-state index in [1.54, 1.807) is 0 Å². The number of likely N-dealkylation sites (tertiary alicyclic amines) is 1. The van der Waals surface area contributed by atoms with Gasteiger partial charge in [0.15, 0.2) is 0 Å². The summed E-state index contributed by atoms with van der Waals surface area (Å²) in [6.45, 7) is 6.08. The van der Waals surface area contributed by atoms with Crippen LogP contribution in [0.2, 0.25) is 0 Å². The van der Waals surface area contributed by atoms with Crippen molar-refractivity contribution in [3.8, 4) is 0 Å². The molecule has 0 N–H and O–H groups in total. The van der Waals surface area contributed by atoms with Crippen LogP contribution in [0.25, 0.3) is 0 Å². The number of rotatable bonds is 3. The summed E-state index contributed by atoms with van der Waals surface area (Å²) in [5.74, 6) is 1.97. The predicted molar refractivity (Wildman–Crippen MR) is 74.2 cm³/mol. The first kappa shape index (κ1) is 13.3. The third kappa shape index (κ3) is 2.47. The van der Waals surface area contributed by atoms with Gasteiger partial charge in [-0.2, -0.15) is 5.10 Å². The van der Waals surface area contributed by atoms with Gasteiger partial charge in [0.05, 0.1) is 6.04 Å². The molecule has 6 nitrogen and oxygen atoms in total. The monoisotopic (exact) mass is 275 g/mol. The van der Waals surface area contributed by atoms with Gasteiger partial charge in [0.1, 0.15) is 0 Å². The summed E-state index contributed by atoms with van der Waals surface area (Å²) in [5.41, 5.74) is 1.34. The van der Waals surface area contributed by atoms with Crippen molar-refractivity contribution >= 4 is 0 Å². The molecule has 20 heavy (non-hydrogen) atoms. The van der Waals surface area contributed by atoms with Crippen molar-refractivity contribution in [3.05, 3.63) is 29.7 Å². The van der Waals surface area contributed by atoms with Gasteiger partial charge in [-0.05, 0) is 38.9 Å². The Balaban J connectivity index is 1.62. The van der Waals surface area contributed by atoms with E-state index in [-0.39, 0.29) is 6.04 Å². The molecule has 3 rings (SSSR count). The molecule has 2 aromatic heterocycles. The normalized spacial score (nSPS) is 19.4. The third-order valence-electron chi connectivity index (χ3n) is 4.25. The van der Waals surface area contributed by atoms with Crippen LogP contribution in [0.4, 0.5) is 0 Å². The summed E-state index contributed by atoms with van der Waals surface area (Å²) in [6.07, 6.45) is 4.18. The number of aryl methyl sites for hydroxylation is 2. The smallest absolute Gasteiger partial charge is 0.233 e. The van der Waals surface area contributed by atoms with Crippen LogP contribution in [0.15, 0.2) is 16.7 Å². The summed E-state index contributed by atoms with van der Waals surface area (Å²) in [6, 6.07) is 2.33. The van der Waals surface area contributed by atoms with Crippen LogP contribution >= 0.6 is 0 Å². The van der Waals surface area contributed by atoms with Crippen molar-refractivity contribution in [2.24, 2.45) is 7.05 Å². The SMILES string of the molecule is Cc1nnc([C@@H](C)N2CCC(c3ccnn3C)CC2)o1. The fourth-order valence-corrected chi connectivity index (χ4v) is 3.00. The first-order valence-electron chi connectivity index (χ1n) is 7.17. The van der Waals surface area contributed by atoms with E-state index in [0.717, 1.165) is 31.8 Å². The Labute approximate surface area is 118 Å². The maximum Gasteiger partial charge on any atom is 0.233 e. The van der Waals surface area contributed by atoms with Crippen LogP contribution in [-0.4, -0.2) is 38.0 Å². The molecule has 108 valence electrons. The summed E-state index contributed by atoms with van der Waals surface area (Å²) in [5, 5.41) is 12.3. The summed E-state index contributed by atoms with van der Waals surface area (Å²) in [7, 11) is 2.02. The van der Waals surface area contributed by atoms with Crippen molar-refractivity contribution < 1.29 is 4.42 Å². The molecule has 1 aliphatic rings. The van der Waals surface area contributed by atoms with Crippen molar-refractivity contribution in [3.63, 3.8) is 0 Å². The van der Waals surface area contributed by atoms with Gasteiger partial charge in [0, 0.05) is 31.8 Å². The first-order valence-corrected chi connectivity index (χ1v) is 7.17. The predicted octanol–water partition coefficient (Wildman–Crippen LogP) is 2.05. The highest BCUT2D eigenvalue weighted by Crippen LogP contribution is 2.31. The van der Waals surface area contributed by atoms with E-state index in [1.807, 2.05) is 24.9 Å². The lowest BCUT2D eigenvalue weighted by Gasteiger charge is -2.34. The zero-order valence-electron chi connectivity index (χ0n) is 12.3. The Bertz CT molecular complexity index is 568. The maximum absolute atomic E-state index is 5.54. The van der Waals surface area contributed by atoms with Crippen LogP contribution < -0.4 is 0 Å². The van der Waals surface area contributed by atoms with E-state index in [9.17, 15) is 0 Å². The average Bonchev–Trinajstić information content (AvgIpc) is 3.07. The van der Waals surface area contributed by atoms with E-state index in [1.165, 1.54) is 5.69 Å². The minimum absolute atomic E-state index is 0.198. The van der Waals surface area contributed by atoms with Gasteiger partial charge in [0.25, 0.3) is 0 Å². The van der Waals surface area contributed by atoms with Crippen LogP contribution in [0.1, 0.15) is 49.2 Å². The summed E-state index contributed by atoms with van der Waals surface area (Å²) >= 11 is 0. The van der Waals surface area contributed by atoms with E-state index < -0.39 is 0 Å². The van der Waals surface area contributed by atoms with Gasteiger partial charge in [-0.1, -0.05) is 0 Å². The molecule has 1 atom stereocenters.